The van der Waals surface area contributed by atoms with Crippen molar-refractivity contribution in [1.29, 1.82) is 5.26 Å². The maximum absolute atomic E-state index is 12.2. The Morgan fingerprint density at radius 2 is 2.12 bits per heavy atom. The first kappa shape index (κ1) is 16.0. The molecule has 0 bridgehead atoms. The van der Waals surface area contributed by atoms with Crippen LogP contribution in [0.4, 0.5) is 11.4 Å². The van der Waals surface area contributed by atoms with Crippen LogP contribution in [-0.2, 0) is 4.74 Å². The van der Waals surface area contributed by atoms with Crippen LogP contribution in [0.5, 0.6) is 0 Å². The van der Waals surface area contributed by atoms with E-state index in [9.17, 15) is 4.79 Å². The van der Waals surface area contributed by atoms with E-state index >= 15 is 0 Å². The number of hydrogen-bond donors (Lipinski definition) is 2. The molecule has 6 nitrogen and oxygen atoms in total. The monoisotopic (exact) mass is 322 g/mol. The lowest BCUT2D eigenvalue weighted by Crippen LogP contribution is -2.31. The quantitative estimate of drug-likeness (QED) is 0.883. The van der Waals surface area contributed by atoms with E-state index in [4.69, 9.17) is 10.00 Å². The van der Waals surface area contributed by atoms with Crippen LogP contribution < -0.4 is 10.6 Å². The normalized spacial score (nSPS) is 16.4. The fourth-order valence-corrected chi connectivity index (χ4v) is 2.54. The number of pyridine rings is 1. The molecule has 1 amide bonds. The highest BCUT2D eigenvalue weighted by Gasteiger charge is 2.16. The van der Waals surface area contributed by atoms with Crippen LogP contribution in [0.2, 0.25) is 0 Å². The summed E-state index contributed by atoms with van der Waals surface area (Å²) in [6, 6.07) is 10.9. The van der Waals surface area contributed by atoms with Crippen molar-refractivity contribution in [2.75, 3.05) is 18.5 Å². The van der Waals surface area contributed by atoms with Gasteiger partial charge in [-0.15, -0.1) is 0 Å². The van der Waals surface area contributed by atoms with Gasteiger partial charge in [-0.1, -0.05) is 0 Å². The Bertz CT molecular complexity index is 746. The standard InChI is InChI=1S/C18H18N4O2/c19-9-13-3-5-15(6-4-13)22-16-8-14(10-20-11-16)18(23)21-12-17-2-1-7-24-17/h3-6,8,10-11,17,22H,1-2,7,12H2,(H,21,23). The van der Waals surface area contributed by atoms with Gasteiger partial charge in [0.25, 0.3) is 5.91 Å². The van der Waals surface area contributed by atoms with Crippen molar-refractivity contribution < 1.29 is 9.53 Å². The van der Waals surface area contributed by atoms with Gasteiger partial charge in [0.2, 0.25) is 0 Å². The molecule has 1 unspecified atom stereocenters. The van der Waals surface area contributed by atoms with Gasteiger partial charge in [0.15, 0.2) is 0 Å². The number of carbonyl (C=O) groups is 1. The summed E-state index contributed by atoms with van der Waals surface area (Å²) >= 11 is 0. The summed E-state index contributed by atoms with van der Waals surface area (Å²) in [6.45, 7) is 1.29. The molecule has 2 heterocycles. The number of benzene rings is 1. The Labute approximate surface area is 140 Å². The molecule has 1 fully saturated rings. The molecule has 1 saturated heterocycles. The molecule has 3 rings (SSSR count). The molecule has 122 valence electrons. The predicted octanol–water partition coefficient (Wildman–Crippen LogP) is 2.61. The fourth-order valence-electron chi connectivity index (χ4n) is 2.54. The second-order valence-electron chi connectivity index (χ2n) is 5.62. The third-order valence-electron chi connectivity index (χ3n) is 3.82. The van der Waals surface area contributed by atoms with Crippen molar-refractivity contribution in [2.24, 2.45) is 0 Å². The molecule has 2 aromatic rings. The average molecular weight is 322 g/mol. The highest BCUT2D eigenvalue weighted by molar-refractivity contribution is 5.94. The number of amides is 1. The van der Waals surface area contributed by atoms with Gasteiger partial charge in [0, 0.05) is 25.0 Å². The van der Waals surface area contributed by atoms with Crippen LogP contribution in [0.25, 0.3) is 0 Å². The first-order chi connectivity index (χ1) is 11.7. The van der Waals surface area contributed by atoms with Gasteiger partial charge in [-0.05, 0) is 43.2 Å². The lowest BCUT2D eigenvalue weighted by molar-refractivity contribution is 0.0857. The van der Waals surface area contributed by atoms with Crippen molar-refractivity contribution in [3.63, 3.8) is 0 Å². The number of hydrogen-bond acceptors (Lipinski definition) is 5. The van der Waals surface area contributed by atoms with Crippen molar-refractivity contribution in [1.82, 2.24) is 10.3 Å². The van der Waals surface area contributed by atoms with Crippen LogP contribution in [0.15, 0.2) is 42.7 Å². The first-order valence-corrected chi connectivity index (χ1v) is 7.86. The SMILES string of the molecule is N#Cc1ccc(Nc2cncc(C(=O)NCC3CCCO3)c2)cc1. The zero-order valence-electron chi connectivity index (χ0n) is 13.2. The second-order valence-corrected chi connectivity index (χ2v) is 5.62. The number of nitrogens with zero attached hydrogens (tertiary/aromatic N) is 2. The topological polar surface area (TPSA) is 87.0 Å². The van der Waals surface area contributed by atoms with Gasteiger partial charge in [-0.2, -0.15) is 5.26 Å². The van der Waals surface area contributed by atoms with Crippen molar-refractivity contribution in [3.8, 4) is 6.07 Å². The van der Waals surface area contributed by atoms with E-state index in [1.807, 2.05) is 12.1 Å². The number of anilines is 2. The summed E-state index contributed by atoms with van der Waals surface area (Å²) in [5.41, 5.74) is 2.63. The Kier molecular flexibility index (Phi) is 5.04. The smallest absolute Gasteiger partial charge is 0.253 e. The minimum Gasteiger partial charge on any atom is -0.376 e. The van der Waals surface area contributed by atoms with Gasteiger partial charge < -0.3 is 15.4 Å². The number of ether oxygens (including phenoxy) is 1. The van der Waals surface area contributed by atoms with Crippen molar-refractivity contribution in [3.05, 3.63) is 53.9 Å². The van der Waals surface area contributed by atoms with Crippen LogP contribution in [0.1, 0.15) is 28.8 Å². The molecular weight excluding hydrogens is 304 g/mol. The molecule has 0 aliphatic carbocycles. The Morgan fingerprint density at radius 1 is 1.29 bits per heavy atom. The molecule has 1 aromatic heterocycles. The zero-order chi connectivity index (χ0) is 16.8. The largest absolute Gasteiger partial charge is 0.376 e. The molecule has 6 heteroatoms. The molecule has 0 saturated carbocycles. The van der Waals surface area contributed by atoms with Gasteiger partial charge >= 0.3 is 0 Å². The summed E-state index contributed by atoms with van der Waals surface area (Å²) in [5, 5.41) is 14.9. The number of rotatable bonds is 5. The van der Waals surface area contributed by atoms with Crippen molar-refractivity contribution >= 4 is 17.3 Å². The van der Waals surface area contributed by atoms with E-state index in [1.165, 1.54) is 6.20 Å². The van der Waals surface area contributed by atoms with E-state index < -0.39 is 0 Å². The Morgan fingerprint density at radius 3 is 2.83 bits per heavy atom. The third-order valence-corrected chi connectivity index (χ3v) is 3.82. The van der Waals surface area contributed by atoms with Crippen LogP contribution in [0, 0.1) is 11.3 Å². The average Bonchev–Trinajstić information content (AvgIpc) is 3.14. The summed E-state index contributed by atoms with van der Waals surface area (Å²) in [4.78, 5) is 16.3. The fraction of sp³-hybridized carbons (Fsp3) is 0.278. The third kappa shape index (κ3) is 4.09. The first-order valence-electron chi connectivity index (χ1n) is 7.86. The van der Waals surface area contributed by atoms with E-state index in [-0.39, 0.29) is 12.0 Å². The Balaban J connectivity index is 1.62. The summed E-state index contributed by atoms with van der Waals surface area (Å²) in [6.07, 6.45) is 5.33. The summed E-state index contributed by atoms with van der Waals surface area (Å²) in [5.74, 6) is -0.165. The van der Waals surface area contributed by atoms with Gasteiger partial charge in [0.1, 0.15) is 0 Å². The number of nitrogens with one attached hydrogen (secondary N) is 2. The van der Waals surface area contributed by atoms with Crippen LogP contribution in [0.3, 0.4) is 0 Å². The molecule has 0 spiro atoms. The van der Waals surface area contributed by atoms with Crippen molar-refractivity contribution in [2.45, 2.75) is 18.9 Å². The number of nitriles is 1. The highest BCUT2D eigenvalue weighted by atomic mass is 16.5. The van der Waals surface area contributed by atoms with E-state index in [1.54, 1.807) is 24.4 Å². The molecule has 1 aromatic carbocycles. The molecule has 1 atom stereocenters. The van der Waals surface area contributed by atoms with E-state index in [0.717, 1.165) is 25.1 Å². The number of aromatic nitrogens is 1. The minimum atomic E-state index is -0.165. The summed E-state index contributed by atoms with van der Waals surface area (Å²) in [7, 11) is 0. The van der Waals surface area contributed by atoms with Gasteiger partial charge in [-0.25, -0.2) is 0 Å². The lowest BCUT2D eigenvalue weighted by Gasteiger charge is -2.11. The molecule has 0 radical (unpaired) electrons. The molecular formula is C18H18N4O2. The maximum atomic E-state index is 12.2. The van der Waals surface area contributed by atoms with Gasteiger partial charge in [-0.3, -0.25) is 9.78 Å². The molecule has 24 heavy (non-hydrogen) atoms. The summed E-state index contributed by atoms with van der Waals surface area (Å²) < 4.78 is 5.50. The highest BCUT2D eigenvalue weighted by Crippen LogP contribution is 2.17. The predicted molar refractivity (Wildman–Crippen MR) is 90.0 cm³/mol. The van der Waals surface area contributed by atoms with Gasteiger partial charge in [0.05, 0.1) is 35.2 Å². The minimum absolute atomic E-state index is 0.113. The maximum Gasteiger partial charge on any atom is 0.253 e. The number of carbonyl (C=O) groups excluding carboxylic acids is 1. The van der Waals surface area contributed by atoms with Crippen LogP contribution in [-0.4, -0.2) is 30.1 Å². The lowest BCUT2D eigenvalue weighted by atomic mass is 10.2. The van der Waals surface area contributed by atoms with E-state index in [2.05, 4.69) is 21.7 Å². The zero-order valence-corrected chi connectivity index (χ0v) is 13.2. The van der Waals surface area contributed by atoms with E-state index in [0.29, 0.717) is 23.4 Å². The molecule has 1 aliphatic heterocycles. The Hall–Kier alpha value is -2.91. The second kappa shape index (κ2) is 7.57. The molecule has 1 aliphatic rings. The van der Waals surface area contributed by atoms with Crippen LogP contribution >= 0.6 is 0 Å². The molecule has 2 N–H and O–H groups in total.